The Morgan fingerprint density at radius 2 is 1.78 bits per heavy atom. The SMILES string of the molecule is CC(C)Oc1ccc(S(=O)(=O)NCCc2cc(-c3ccccc3)on2)cc1. The van der Waals surface area contributed by atoms with Gasteiger partial charge in [-0.1, -0.05) is 35.5 Å². The molecule has 7 heteroatoms. The average molecular weight is 386 g/mol. The van der Waals surface area contributed by atoms with Crippen molar-refractivity contribution in [2.75, 3.05) is 6.54 Å². The summed E-state index contributed by atoms with van der Waals surface area (Å²) in [7, 11) is -3.58. The van der Waals surface area contributed by atoms with Gasteiger partial charge in [-0.3, -0.25) is 0 Å². The molecule has 1 N–H and O–H groups in total. The third-order valence-electron chi connectivity index (χ3n) is 3.80. The number of aromatic nitrogens is 1. The lowest BCUT2D eigenvalue weighted by molar-refractivity contribution is 0.242. The number of hydrogen-bond donors (Lipinski definition) is 1. The molecule has 2 aromatic carbocycles. The first-order chi connectivity index (χ1) is 12.9. The van der Waals surface area contributed by atoms with Crippen molar-refractivity contribution in [2.24, 2.45) is 0 Å². The van der Waals surface area contributed by atoms with E-state index in [9.17, 15) is 8.42 Å². The van der Waals surface area contributed by atoms with Crippen LogP contribution in [-0.2, 0) is 16.4 Å². The average Bonchev–Trinajstić information content (AvgIpc) is 3.11. The highest BCUT2D eigenvalue weighted by Gasteiger charge is 2.14. The third-order valence-corrected chi connectivity index (χ3v) is 5.27. The van der Waals surface area contributed by atoms with Crippen LogP contribution in [0.1, 0.15) is 19.5 Å². The normalized spacial score (nSPS) is 11.7. The number of hydrogen-bond acceptors (Lipinski definition) is 5. The van der Waals surface area contributed by atoms with Gasteiger partial charge in [0.2, 0.25) is 10.0 Å². The Morgan fingerprint density at radius 3 is 2.44 bits per heavy atom. The van der Waals surface area contributed by atoms with Crippen molar-refractivity contribution in [1.82, 2.24) is 9.88 Å². The van der Waals surface area contributed by atoms with Crippen LogP contribution in [0.4, 0.5) is 0 Å². The van der Waals surface area contributed by atoms with Gasteiger partial charge in [0.1, 0.15) is 5.75 Å². The van der Waals surface area contributed by atoms with Gasteiger partial charge in [-0.15, -0.1) is 0 Å². The van der Waals surface area contributed by atoms with E-state index in [0.29, 0.717) is 23.6 Å². The van der Waals surface area contributed by atoms with Crippen LogP contribution >= 0.6 is 0 Å². The van der Waals surface area contributed by atoms with Crippen molar-refractivity contribution in [3.63, 3.8) is 0 Å². The molecule has 0 amide bonds. The van der Waals surface area contributed by atoms with E-state index in [0.717, 1.165) is 5.56 Å². The predicted octanol–water partition coefficient (Wildman–Crippen LogP) is 3.65. The molecule has 142 valence electrons. The molecular formula is C20H22N2O4S. The number of benzene rings is 2. The lowest BCUT2D eigenvalue weighted by Gasteiger charge is -2.10. The molecular weight excluding hydrogens is 364 g/mol. The van der Waals surface area contributed by atoms with Gasteiger partial charge in [-0.25, -0.2) is 13.1 Å². The highest BCUT2D eigenvalue weighted by atomic mass is 32.2. The van der Waals surface area contributed by atoms with Gasteiger partial charge >= 0.3 is 0 Å². The first kappa shape index (κ1) is 19.1. The second kappa shape index (κ2) is 8.37. The van der Waals surface area contributed by atoms with Crippen LogP contribution < -0.4 is 9.46 Å². The standard InChI is InChI=1S/C20H22N2O4S/c1-15(2)25-18-8-10-19(11-9-18)27(23,24)21-13-12-17-14-20(26-22-17)16-6-4-3-5-7-16/h3-11,14-15,21H,12-13H2,1-2H3. The van der Waals surface area contributed by atoms with E-state index < -0.39 is 10.0 Å². The fourth-order valence-electron chi connectivity index (χ4n) is 2.53. The summed E-state index contributed by atoms with van der Waals surface area (Å²) in [5, 5.41) is 4.00. The minimum Gasteiger partial charge on any atom is -0.491 e. The molecule has 0 aliphatic heterocycles. The predicted molar refractivity (Wildman–Crippen MR) is 103 cm³/mol. The molecule has 0 atom stereocenters. The maximum Gasteiger partial charge on any atom is 0.240 e. The molecule has 0 spiro atoms. The maximum atomic E-state index is 12.4. The molecule has 0 fully saturated rings. The summed E-state index contributed by atoms with van der Waals surface area (Å²) in [5.41, 5.74) is 1.62. The summed E-state index contributed by atoms with van der Waals surface area (Å²) < 4.78 is 38.2. The van der Waals surface area contributed by atoms with Crippen molar-refractivity contribution in [1.29, 1.82) is 0 Å². The molecule has 0 aliphatic carbocycles. The molecule has 1 heterocycles. The summed E-state index contributed by atoms with van der Waals surface area (Å²) in [6, 6.07) is 17.8. The van der Waals surface area contributed by atoms with Crippen LogP contribution in [0.3, 0.4) is 0 Å². The lowest BCUT2D eigenvalue weighted by atomic mass is 10.1. The molecule has 1 aromatic heterocycles. The second-order valence-electron chi connectivity index (χ2n) is 6.33. The van der Waals surface area contributed by atoms with E-state index in [4.69, 9.17) is 9.26 Å². The Morgan fingerprint density at radius 1 is 1.07 bits per heavy atom. The molecule has 0 aliphatic rings. The molecule has 3 rings (SSSR count). The van der Waals surface area contributed by atoms with Gasteiger partial charge in [0, 0.05) is 24.6 Å². The molecule has 0 saturated heterocycles. The number of sulfonamides is 1. The van der Waals surface area contributed by atoms with Crippen LogP contribution in [0, 0.1) is 0 Å². The van der Waals surface area contributed by atoms with Gasteiger partial charge in [-0.2, -0.15) is 0 Å². The van der Waals surface area contributed by atoms with Crippen molar-refractivity contribution in [2.45, 2.75) is 31.3 Å². The number of rotatable bonds is 8. The molecule has 27 heavy (non-hydrogen) atoms. The minimum absolute atomic E-state index is 0.0359. The summed E-state index contributed by atoms with van der Waals surface area (Å²) >= 11 is 0. The molecule has 3 aromatic rings. The Bertz CT molecular complexity index is 965. The van der Waals surface area contributed by atoms with Crippen molar-refractivity contribution >= 4 is 10.0 Å². The molecule has 0 unspecified atom stereocenters. The van der Waals surface area contributed by atoms with Crippen LogP contribution in [0.25, 0.3) is 11.3 Å². The van der Waals surface area contributed by atoms with E-state index in [1.165, 1.54) is 12.1 Å². The number of ether oxygens (including phenoxy) is 1. The maximum absolute atomic E-state index is 12.4. The van der Waals surface area contributed by atoms with E-state index in [-0.39, 0.29) is 17.5 Å². The van der Waals surface area contributed by atoms with Gasteiger partial charge in [0.25, 0.3) is 0 Å². The van der Waals surface area contributed by atoms with Gasteiger partial charge < -0.3 is 9.26 Å². The second-order valence-corrected chi connectivity index (χ2v) is 8.10. The smallest absolute Gasteiger partial charge is 0.240 e. The molecule has 0 radical (unpaired) electrons. The zero-order valence-electron chi connectivity index (χ0n) is 15.3. The number of nitrogens with zero attached hydrogens (tertiary/aromatic N) is 1. The van der Waals surface area contributed by atoms with Crippen LogP contribution in [0.5, 0.6) is 5.75 Å². The van der Waals surface area contributed by atoms with Crippen LogP contribution in [0.15, 0.2) is 70.1 Å². The Kier molecular flexibility index (Phi) is 5.93. The number of nitrogens with one attached hydrogen (secondary N) is 1. The van der Waals surface area contributed by atoms with E-state index in [1.54, 1.807) is 12.1 Å². The summed E-state index contributed by atoms with van der Waals surface area (Å²) in [6.07, 6.45) is 0.471. The van der Waals surface area contributed by atoms with E-state index >= 15 is 0 Å². The van der Waals surface area contributed by atoms with Gasteiger partial charge in [0.05, 0.1) is 16.7 Å². The fraction of sp³-hybridized carbons (Fsp3) is 0.250. The van der Waals surface area contributed by atoms with Crippen molar-refractivity contribution in [3.8, 4) is 17.1 Å². The zero-order chi connectivity index (χ0) is 19.3. The van der Waals surface area contributed by atoms with Crippen LogP contribution in [-0.4, -0.2) is 26.2 Å². The molecule has 6 nitrogen and oxygen atoms in total. The highest BCUT2D eigenvalue weighted by Crippen LogP contribution is 2.20. The van der Waals surface area contributed by atoms with Gasteiger partial charge in [-0.05, 0) is 38.1 Å². The van der Waals surface area contributed by atoms with E-state index in [2.05, 4.69) is 9.88 Å². The topological polar surface area (TPSA) is 81.4 Å². The van der Waals surface area contributed by atoms with Crippen molar-refractivity contribution in [3.05, 3.63) is 66.4 Å². The molecule has 0 saturated carbocycles. The lowest BCUT2D eigenvalue weighted by Crippen LogP contribution is -2.26. The minimum atomic E-state index is -3.58. The summed E-state index contributed by atoms with van der Waals surface area (Å²) in [4.78, 5) is 0.198. The Labute approximate surface area is 159 Å². The fourth-order valence-corrected chi connectivity index (χ4v) is 3.57. The van der Waals surface area contributed by atoms with Gasteiger partial charge in [0.15, 0.2) is 5.76 Å². The summed E-state index contributed by atoms with van der Waals surface area (Å²) in [5.74, 6) is 1.30. The monoisotopic (exact) mass is 386 g/mol. The molecule has 0 bridgehead atoms. The largest absolute Gasteiger partial charge is 0.491 e. The van der Waals surface area contributed by atoms with Crippen molar-refractivity contribution < 1.29 is 17.7 Å². The van der Waals surface area contributed by atoms with Crippen LogP contribution in [0.2, 0.25) is 0 Å². The third kappa shape index (κ3) is 5.18. The summed E-state index contributed by atoms with van der Waals surface area (Å²) in [6.45, 7) is 4.06. The highest BCUT2D eigenvalue weighted by molar-refractivity contribution is 7.89. The zero-order valence-corrected chi connectivity index (χ0v) is 16.1. The first-order valence-electron chi connectivity index (χ1n) is 8.71. The Hall–Kier alpha value is -2.64. The quantitative estimate of drug-likeness (QED) is 0.639. The van der Waals surface area contributed by atoms with E-state index in [1.807, 2.05) is 50.2 Å². The first-order valence-corrected chi connectivity index (χ1v) is 10.2. The Balaban J connectivity index is 1.57.